The van der Waals surface area contributed by atoms with Crippen molar-refractivity contribution in [1.29, 1.82) is 0 Å². The van der Waals surface area contributed by atoms with Crippen LogP contribution in [0, 0.1) is 5.82 Å². The maximum absolute atomic E-state index is 14.3. The molecule has 1 atom stereocenters. The Bertz CT molecular complexity index is 1220. The summed E-state index contributed by atoms with van der Waals surface area (Å²) in [5.74, 6) is 1.56. The van der Waals surface area contributed by atoms with E-state index in [1.54, 1.807) is 29.8 Å². The van der Waals surface area contributed by atoms with Crippen molar-refractivity contribution in [3.8, 4) is 17.1 Å². The fourth-order valence-corrected chi connectivity index (χ4v) is 4.25. The summed E-state index contributed by atoms with van der Waals surface area (Å²) in [5, 5.41) is 16.4. The lowest BCUT2D eigenvalue weighted by molar-refractivity contribution is 0.255. The van der Waals surface area contributed by atoms with E-state index in [0.29, 0.717) is 29.4 Å². The van der Waals surface area contributed by atoms with Gasteiger partial charge >= 0.3 is 0 Å². The highest BCUT2D eigenvalue weighted by molar-refractivity contribution is 5.60. The average molecular weight is 433 g/mol. The average Bonchev–Trinajstić information content (AvgIpc) is 3.50. The van der Waals surface area contributed by atoms with Gasteiger partial charge in [-0.25, -0.2) is 4.39 Å². The normalized spacial score (nSPS) is 15.2. The Morgan fingerprint density at radius 3 is 2.69 bits per heavy atom. The molecule has 0 saturated carbocycles. The minimum absolute atomic E-state index is 0.192. The fourth-order valence-electron chi connectivity index (χ4n) is 4.25. The van der Waals surface area contributed by atoms with Crippen LogP contribution in [0.1, 0.15) is 24.4 Å². The van der Waals surface area contributed by atoms with Crippen LogP contribution in [0.15, 0.2) is 60.7 Å². The van der Waals surface area contributed by atoms with E-state index in [-0.39, 0.29) is 11.9 Å². The van der Waals surface area contributed by atoms with Crippen LogP contribution < -0.4 is 10.1 Å². The van der Waals surface area contributed by atoms with Crippen molar-refractivity contribution in [2.45, 2.75) is 18.9 Å². The number of nitrogens with one attached hydrogen (secondary N) is 1. The molecule has 0 bridgehead atoms. The van der Waals surface area contributed by atoms with Crippen LogP contribution in [0.2, 0.25) is 0 Å². The number of halogens is 1. The molecule has 1 fully saturated rings. The Labute approximate surface area is 185 Å². The molecule has 0 spiro atoms. The van der Waals surface area contributed by atoms with Crippen molar-refractivity contribution in [3.05, 3.63) is 72.0 Å². The Hall–Kier alpha value is -3.52. The van der Waals surface area contributed by atoms with Gasteiger partial charge in [-0.05, 0) is 67.9 Å². The Morgan fingerprint density at radius 1 is 1.03 bits per heavy atom. The van der Waals surface area contributed by atoms with Crippen molar-refractivity contribution < 1.29 is 9.13 Å². The molecule has 4 aromatic rings. The highest BCUT2D eigenvalue weighted by Crippen LogP contribution is 2.28. The number of hydrogen-bond donors (Lipinski definition) is 1. The second-order valence-corrected chi connectivity index (χ2v) is 7.91. The largest absolute Gasteiger partial charge is 0.497 e. The molecule has 1 N–H and O–H groups in total. The van der Waals surface area contributed by atoms with E-state index in [4.69, 9.17) is 4.74 Å². The number of nitrogens with zero attached hydrogens (tertiary/aromatic N) is 5. The second kappa shape index (κ2) is 8.92. The first-order valence-electron chi connectivity index (χ1n) is 10.8. The first-order chi connectivity index (χ1) is 15.7. The van der Waals surface area contributed by atoms with Gasteiger partial charge in [0.2, 0.25) is 0 Å². The van der Waals surface area contributed by atoms with Gasteiger partial charge in [-0.15, -0.1) is 15.3 Å². The van der Waals surface area contributed by atoms with Crippen molar-refractivity contribution in [2.75, 3.05) is 32.1 Å². The molecule has 1 unspecified atom stereocenters. The summed E-state index contributed by atoms with van der Waals surface area (Å²) in [6.45, 7) is 2.82. The van der Waals surface area contributed by atoms with E-state index in [1.807, 2.05) is 24.3 Å². The third-order valence-electron chi connectivity index (χ3n) is 5.91. The van der Waals surface area contributed by atoms with Gasteiger partial charge in [0.1, 0.15) is 17.4 Å². The molecular formula is C24H25FN6O. The molecule has 7 nitrogen and oxygen atoms in total. The first-order valence-corrected chi connectivity index (χ1v) is 10.8. The Kier molecular flexibility index (Phi) is 5.68. The Balaban J connectivity index is 1.42. The molecular weight excluding hydrogens is 407 g/mol. The molecule has 8 heteroatoms. The molecule has 0 amide bonds. The molecule has 0 aliphatic carbocycles. The summed E-state index contributed by atoms with van der Waals surface area (Å²) < 4.78 is 21.3. The van der Waals surface area contributed by atoms with Crippen molar-refractivity contribution >= 4 is 11.5 Å². The van der Waals surface area contributed by atoms with E-state index in [2.05, 4.69) is 37.6 Å². The number of rotatable bonds is 7. The number of anilines is 1. The molecule has 3 heterocycles. The van der Waals surface area contributed by atoms with E-state index in [0.717, 1.165) is 18.8 Å². The topological polar surface area (TPSA) is 67.6 Å². The maximum Gasteiger partial charge on any atom is 0.188 e. The van der Waals surface area contributed by atoms with E-state index < -0.39 is 0 Å². The molecule has 5 rings (SSSR count). The van der Waals surface area contributed by atoms with Crippen molar-refractivity contribution in [3.63, 3.8) is 0 Å². The summed E-state index contributed by atoms with van der Waals surface area (Å²) in [5.41, 5.74) is 2.14. The SMILES string of the molecule is COc1cccc(C(CNc2ccc3nnc(-c4ccccc4F)n3n2)N2CCCC2)c1. The number of benzene rings is 2. The summed E-state index contributed by atoms with van der Waals surface area (Å²) in [6.07, 6.45) is 2.41. The minimum atomic E-state index is -0.353. The number of ether oxygens (including phenoxy) is 1. The lowest BCUT2D eigenvalue weighted by atomic mass is 10.0. The number of fused-ring (bicyclic) bond motifs is 1. The van der Waals surface area contributed by atoms with Gasteiger partial charge in [0.05, 0.1) is 18.7 Å². The molecule has 2 aromatic heterocycles. The molecule has 1 saturated heterocycles. The smallest absolute Gasteiger partial charge is 0.188 e. The highest BCUT2D eigenvalue weighted by atomic mass is 19.1. The third kappa shape index (κ3) is 4.01. The number of methoxy groups -OCH3 is 1. The zero-order chi connectivity index (χ0) is 21.9. The summed E-state index contributed by atoms with van der Waals surface area (Å²) in [4.78, 5) is 2.49. The Morgan fingerprint density at radius 2 is 1.88 bits per heavy atom. The van der Waals surface area contributed by atoms with Crippen LogP contribution in [0.25, 0.3) is 17.0 Å². The number of hydrogen-bond acceptors (Lipinski definition) is 6. The second-order valence-electron chi connectivity index (χ2n) is 7.91. The van der Waals surface area contributed by atoms with Gasteiger partial charge in [-0.1, -0.05) is 24.3 Å². The summed E-state index contributed by atoms with van der Waals surface area (Å²) in [6, 6.07) is 18.6. The lowest BCUT2D eigenvalue weighted by Gasteiger charge is -2.28. The van der Waals surface area contributed by atoms with Gasteiger partial charge in [0, 0.05) is 6.54 Å². The molecule has 1 aliphatic rings. The predicted molar refractivity (Wildman–Crippen MR) is 121 cm³/mol. The van der Waals surface area contributed by atoms with E-state index in [9.17, 15) is 4.39 Å². The molecule has 2 aromatic carbocycles. The summed E-state index contributed by atoms with van der Waals surface area (Å²) in [7, 11) is 1.69. The monoisotopic (exact) mass is 432 g/mol. The van der Waals surface area contributed by atoms with Gasteiger partial charge in [0.15, 0.2) is 11.5 Å². The predicted octanol–water partition coefficient (Wildman–Crippen LogP) is 4.19. The first kappa shape index (κ1) is 20.4. The zero-order valence-corrected chi connectivity index (χ0v) is 17.9. The van der Waals surface area contributed by atoms with Crippen LogP contribution in [-0.2, 0) is 0 Å². The fraction of sp³-hybridized carbons (Fsp3) is 0.292. The number of likely N-dealkylation sites (tertiary alicyclic amines) is 1. The van der Waals surface area contributed by atoms with Gasteiger partial charge in [-0.3, -0.25) is 4.90 Å². The van der Waals surface area contributed by atoms with Crippen LogP contribution in [-0.4, -0.2) is 51.5 Å². The zero-order valence-electron chi connectivity index (χ0n) is 17.9. The quantitative estimate of drug-likeness (QED) is 0.472. The van der Waals surface area contributed by atoms with Crippen molar-refractivity contribution in [1.82, 2.24) is 24.7 Å². The molecule has 0 radical (unpaired) electrons. The van der Waals surface area contributed by atoms with Gasteiger partial charge in [-0.2, -0.15) is 4.52 Å². The molecule has 164 valence electrons. The van der Waals surface area contributed by atoms with Crippen LogP contribution in [0.5, 0.6) is 5.75 Å². The van der Waals surface area contributed by atoms with Crippen molar-refractivity contribution in [2.24, 2.45) is 0 Å². The maximum atomic E-state index is 14.3. The minimum Gasteiger partial charge on any atom is -0.497 e. The van der Waals surface area contributed by atoms with Gasteiger partial charge < -0.3 is 10.1 Å². The molecule has 1 aliphatic heterocycles. The van der Waals surface area contributed by atoms with E-state index in [1.165, 1.54) is 24.5 Å². The van der Waals surface area contributed by atoms with Gasteiger partial charge in [0.25, 0.3) is 0 Å². The van der Waals surface area contributed by atoms with E-state index >= 15 is 0 Å². The van der Waals surface area contributed by atoms with Crippen LogP contribution in [0.3, 0.4) is 0 Å². The highest BCUT2D eigenvalue weighted by Gasteiger charge is 2.24. The summed E-state index contributed by atoms with van der Waals surface area (Å²) >= 11 is 0. The lowest BCUT2D eigenvalue weighted by Crippen LogP contribution is -2.31. The van der Waals surface area contributed by atoms with Crippen LogP contribution >= 0.6 is 0 Å². The molecule has 32 heavy (non-hydrogen) atoms. The third-order valence-corrected chi connectivity index (χ3v) is 5.91. The van der Waals surface area contributed by atoms with Crippen LogP contribution in [0.4, 0.5) is 10.2 Å². The number of aromatic nitrogens is 4. The standard InChI is InChI=1S/C24H25FN6O/c1-32-18-8-6-7-17(15-18)21(30-13-4-5-14-30)16-26-22-11-12-23-27-28-24(31(23)29-22)19-9-2-3-10-20(19)25/h2-3,6-12,15,21H,4-5,13-14,16H2,1H3,(H,26,29).